The van der Waals surface area contributed by atoms with Crippen molar-refractivity contribution < 1.29 is 14.6 Å². The van der Waals surface area contributed by atoms with Gasteiger partial charge in [-0.1, -0.05) is 30.3 Å². The van der Waals surface area contributed by atoms with Crippen LogP contribution >= 0.6 is 0 Å². The fourth-order valence-corrected chi connectivity index (χ4v) is 4.05. The first-order valence-electron chi connectivity index (χ1n) is 9.97. The van der Waals surface area contributed by atoms with E-state index in [4.69, 9.17) is 9.84 Å². The third-order valence-electron chi connectivity index (χ3n) is 5.77. The predicted octanol–water partition coefficient (Wildman–Crippen LogP) is 4.39. The lowest BCUT2D eigenvalue weighted by Gasteiger charge is -2.34. The summed E-state index contributed by atoms with van der Waals surface area (Å²) >= 11 is 0. The van der Waals surface area contributed by atoms with Crippen LogP contribution in [0, 0.1) is 11.8 Å². The molecule has 1 heterocycles. The van der Waals surface area contributed by atoms with Crippen LogP contribution in [0.4, 0.5) is 5.69 Å². The highest BCUT2D eigenvalue weighted by Gasteiger charge is 2.42. The molecule has 1 saturated carbocycles. The zero-order chi connectivity index (χ0) is 18.6. The van der Waals surface area contributed by atoms with Gasteiger partial charge in [0.25, 0.3) is 0 Å². The smallest absolute Gasteiger partial charge is 0.306 e. The Morgan fingerprint density at radius 3 is 2.59 bits per heavy atom. The van der Waals surface area contributed by atoms with E-state index in [1.807, 2.05) is 30.3 Å². The van der Waals surface area contributed by atoms with Gasteiger partial charge in [-0.15, -0.1) is 0 Å². The number of hydrogen-bond donors (Lipinski definition) is 1. The number of carboxylic acids is 1. The Kier molecular flexibility index (Phi) is 5.33. The number of rotatable bonds is 7. The first-order valence-corrected chi connectivity index (χ1v) is 9.97. The Labute approximate surface area is 160 Å². The minimum Gasteiger partial charge on any atom is -0.489 e. The molecule has 0 spiro atoms. The lowest BCUT2D eigenvalue weighted by Crippen LogP contribution is -2.41. The maximum atomic E-state index is 10.9. The summed E-state index contributed by atoms with van der Waals surface area (Å²) in [5.41, 5.74) is 2.54. The molecule has 2 aliphatic rings. The first kappa shape index (κ1) is 17.9. The van der Waals surface area contributed by atoms with Gasteiger partial charge >= 0.3 is 5.97 Å². The molecular weight excluding hydrogens is 338 g/mol. The topological polar surface area (TPSA) is 49.8 Å². The van der Waals surface area contributed by atoms with Gasteiger partial charge in [0.05, 0.1) is 12.5 Å². The Bertz CT molecular complexity index is 759. The van der Waals surface area contributed by atoms with E-state index >= 15 is 0 Å². The highest BCUT2D eigenvalue weighted by atomic mass is 16.5. The molecular formula is C23H27NO3. The Morgan fingerprint density at radius 2 is 1.89 bits per heavy atom. The number of anilines is 1. The maximum absolute atomic E-state index is 10.9. The van der Waals surface area contributed by atoms with Gasteiger partial charge in [-0.05, 0) is 67.9 Å². The van der Waals surface area contributed by atoms with Crippen molar-refractivity contribution in [2.24, 2.45) is 11.8 Å². The highest BCUT2D eigenvalue weighted by molar-refractivity contribution is 5.73. The van der Waals surface area contributed by atoms with E-state index in [1.54, 1.807) is 0 Å². The number of carboxylic acid groups (broad SMARTS) is 1. The van der Waals surface area contributed by atoms with Gasteiger partial charge in [-0.25, -0.2) is 0 Å². The molecule has 4 nitrogen and oxygen atoms in total. The molecule has 4 heteroatoms. The molecule has 2 aromatic rings. The Balaban J connectivity index is 1.29. The number of aliphatic carboxylic acids is 1. The summed E-state index contributed by atoms with van der Waals surface area (Å²) in [6.45, 7) is 1.98. The zero-order valence-electron chi connectivity index (χ0n) is 15.6. The molecule has 2 aromatic carbocycles. The average Bonchev–Trinajstić information content (AvgIpc) is 3.48. The average molecular weight is 365 g/mol. The van der Waals surface area contributed by atoms with Gasteiger partial charge in [0.1, 0.15) is 11.9 Å². The predicted molar refractivity (Wildman–Crippen MR) is 106 cm³/mol. The van der Waals surface area contributed by atoms with Crippen LogP contribution in [0.2, 0.25) is 0 Å². The molecule has 0 radical (unpaired) electrons. The summed E-state index contributed by atoms with van der Waals surface area (Å²) < 4.78 is 6.14. The first-order chi connectivity index (χ1) is 13.2. The largest absolute Gasteiger partial charge is 0.489 e. The van der Waals surface area contributed by atoms with Crippen LogP contribution in [0.5, 0.6) is 5.75 Å². The van der Waals surface area contributed by atoms with Crippen molar-refractivity contribution in [1.29, 1.82) is 0 Å². The quantitative estimate of drug-likeness (QED) is 0.791. The minimum atomic E-state index is -0.632. The lowest BCUT2D eigenvalue weighted by atomic mass is 10.0. The molecule has 1 aliphatic heterocycles. The van der Waals surface area contributed by atoms with Gasteiger partial charge < -0.3 is 14.7 Å². The van der Waals surface area contributed by atoms with Crippen molar-refractivity contribution in [3.8, 4) is 5.75 Å². The molecule has 27 heavy (non-hydrogen) atoms. The molecule has 2 fully saturated rings. The van der Waals surface area contributed by atoms with Crippen LogP contribution in [-0.2, 0) is 11.2 Å². The van der Waals surface area contributed by atoms with E-state index < -0.39 is 5.97 Å². The van der Waals surface area contributed by atoms with E-state index in [9.17, 15) is 4.79 Å². The number of nitrogens with zero attached hydrogens (tertiary/aromatic N) is 1. The van der Waals surface area contributed by atoms with E-state index in [0.717, 1.165) is 50.9 Å². The van der Waals surface area contributed by atoms with Crippen molar-refractivity contribution in [3.05, 3.63) is 60.2 Å². The fraction of sp³-hybridized carbons (Fsp3) is 0.435. The Morgan fingerprint density at radius 1 is 1.11 bits per heavy atom. The van der Waals surface area contributed by atoms with Gasteiger partial charge in [-0.3, -0.25) is 4.79 Å². The second-order valence-corrected chi connectivity index (χ2v) is 7.79. The molecule has 0 bridgehead atoms. The van der Waals surface area contributed by atoms with E-state index in [0.29, 0.717) is 5.92 Å². The van der Waals surface area contributed by atoms with E-state index in [-0.39, 0.29) is 12.0 Å². The van der Waals surface area contributed by atoms with Gasteiger partial charge in [-0.2, -0.15) is 0 Å². The summed E-state index contributed by atoms with van der Waals surface area (Å²) in [5.74, 6) is 0.589. The van der Waals surface area contributed by atoms with Gasteiger partial charge in [0, 0.05) is 12.2 Å². The molecule has 1 saturated heterocycles. The zero-order valence-corrected chi connectivity index (χ0v) is 15.6. The molecule has 3 atom stereocenters. The van der Waals surface area contributed by atoms with Crippen molar-refractivity contribution in [3.63, 3.8) is 0 Å². The van der Waals surface area contributed by atoms with Gasteiger partial charge in [0.15, 0.2) is 0 Å². The number of aryl methyl sites for hydroxylation is 1. The molecule has 1 N–H and O–H groups in total. The standard InChI is InChI=1S/C23H27NO3/c25-23(26)22-15-18(22)11-8-17-9-12-19(13-10-17)24-14-4-7-21(16-24)27-20-5-2-1-3-6-20/h1-3,5-6,9-10,12-13,18,21-22H,4,7-8,11,14-16H2,(H,25,26)/t18-,21-,22-/m0/s1. The summed E-state index contributed by atoms with van der Waals surface area (Å²) in [5, 5.41) is 9.00. The minimum absolute atomic E-state index is 0.0980. The fourth-order valence-electron chi connectivity index (χ4n) is 4.05. The van der Waals surface area contributed by atoms with Crippen molar-refractivity contribution in [1.82, 2.24) is 0 Å². The summed E-state index contributed by atoms with van der Waals surface area (Å²) in [7, 11) is 0. The van der Waals surface area contributed by atoms with E-state index in [1.165, 1.54) is 11.3 Å². The monoisotopic (exact) mass is 365 g/mol. The van der Waals surface area contributed by atoms with Crippen LogP contribution in [0.3, 0.4) is 0 Å². The second kappa shape index (κ2) is 8.03. The van der Waals surface area contributed by atoms with Crippen LogP contribution < -0.4 is 9.64 Å². The molecule has 0 amide bonds. The van der Waals surface area contributed by atoms with Crippen molar-refractivity contribution in [2.45, 2.75) is 38.2 Å². The van der Waals surface area contributed by atoms with E-state index in [2.05, 4.69) is 29.2 Å². The molecule has 4 rings (SSSR count). The third-order valence-corrected chi connectivity index (χ3v) is 5.77. The lowest BCUT2D eigenvalue weighted by molar-refractivity contribution is -0.138. The highest BCUT2D eigenvalue weighted by Crippen LogP contribution is 2.42. The van der Waals surface area contributed by atoms with Crippen LogP contribution in [0.25, 0.3) is 0 Å². The number of piperidine rings is 1. The van der Waals surface area contributed by atoms with Crippen LogP contribution in [-0.4, -0.2) is 30.3 Å². The molecule has 1 aliphatic carbocycles. The second-order valence-electron chi connectivity index (χ2n) is 7.79. The molecule has 0 unspecified atom stereocenters. The summed E-state index contributed by atoms with van der Waals surface area (Å²) in [4.78, 5) is 13.3. The summed E-state index contributed by atoms with van der Waals surface area (Å²) in [6, 6.07) is 18.8. The maximum Gasteiger partial charge on any atom is 0.306 e. The normalized spacial score (nSPS) is 24.4. The molecule has 142 valence electrons. The third kappa shape index (κ3) is 4.62. The van der Waals surface area contributed by atoms with Crippen LogP contribution in [0.1, 0.15) is 31.2 Å². The molecule has 0 aromatic heterocycles. The number of benzene rings is 2. The summed E-state index contributed by atoms with van der Waals surface area (Å²) in [6.07, 6.45) is 5.25. The van der Waals surface area contributed by atoms with Crippen molar-refractivity contribution in [2.75, 3.05) is 18.0 Å². The number of para-hydroxylation sites is 1. The Hall–Kier alpha value is -2.49. The van der Waals surface area contributed by atoms with Gasteiger partial charge in [0.2, 0.25) is 0 Å². The SMILES string of the molecule is O=C(O)[C@H]1C[C@@H]1CCc1ccc(N2CCC[C@H](Oc3ccccc3)C2)cc1. The van der Waals surface area contributed by atoms with Crippen LogP contribution in [0.15, 0.2) is 54.6 Å². The number of ether oxygens (including phenoxy) is 1. The number of hydrogen-bond acceptors (Lipinski definition) is 3. The number of carbonyl (C=O) groups is 1. The van der Waals surface area contributed by atoms with Crippen molar-refractivity contribution >= 4 is 11.7 Å².